The molecule has 178 valence electrons. The zero-order chi connectivity index (χ0) is 24.9. The van der Waals surface area contributed by atoms with Crippen LogP contribution in [0.4, 0.5) is 10.5 Å². The number of nitrogens with one attached hydrogen (secondary N) is 2. The van der Waals surface area contributed by atoms with Gasteiger partial charge in [-0.05, 0) is 46.9 Å². The van der Waals surface area contributed by atoms with E-state index in [9.17, 15) is 14.4 Å². The number of halogens is 1. The first kappa shape index (κ1) is 24.0. The highest BCUT2D eigenvalue weighted by molar-refractivity contribution is 6.33. The summed E-state index contributed by atoms with van der Waals surface area (Å²) in [6.07, 6.45) is 0.943. The summed E-state index contributed by atoms with van der Waals surface area (Å²) in [5.74, 6) is -1.79. The number of fused-ring (bicyclic) bond motifs is 3. The van der Waals surface area contributed by atoms with Gasteiger partial charge in [-0.1, -0.05) is 66.2 Å². The van der Waals surface area contributed by atoms with Crippen molar-refractivity contribution in [2.75, 3.05) is 11.9 Å². The van der Waals surface area contributed by atoms with Gasteiger partial charge < -0.3 is 20.5 Å². The lowest BCUT2D eigenvalue weighted by Crippen LogP contribution is -2.44. The zero-order valence-electron chi connectivity index (χ0n) is 18.7. The fourth-order valence-electron chi connectivity index (χ4n) is 4.18. The number of alkyl carbamates (subject to hydrolysis) is 1. The van der Waals surface area contributed by atoms with Gasteiger partial charge in [-0.25, -0.2) is 9.59 Å². The van der Waals surface area contributed by atoms with Crippen molar-refractivity contribution >= 4 is 35.3 Å². The van der Waals surface area contributed by atoms with E-state index in [1.165, 1.54) is 24.3 Å². The fourth-order valence-corrected chi connectivity index (χ4v) is 4.44. The van der Waals surface area contributed by atoms with Gasteiger partial charge in [0.05, 0.1) is 10.6 Å². The maximum Gasteiger partial charge on any atom is 0.407 e. The predicted molar refractivity (Wildman–Crippen MR) is 134 cm³/mol. The molecule has 1 unspecified atom stereocenters. The molecule has 0 radical (unpaired) electrons. The van der Waals surface area contributed by atoms with Crippen LogP contribution in [0, 0.1) is 0 Å². The van der Waals surface area contributed by atoms with Crippen molar-refractivity contribution in [3.63, 3.8) is 0 Å². The van der Waals surface area contributed by atoms with Crippen molar-refractivity contribution in [2.24, 2.45) is 0 Å². The van der Waals surface area contributed by atoms with Gasteiger partial charge >= 0.3 is 12.1 Å². The molecule has 8 heteroatoms. The Morgan fingerprint density at radius 3 is 2.23 bits per heavy atom. The van der Waals surface area contributed by atoms with Crippen LogP contribution >= 0.6 is 11.6 Å². The molecule has 1 aliphatic rings. The van der Waals surface area contributed by atoms with Gasteiger partial charge in [0.25, 0.3) is 0 Å². The van der Waals surface area contributed by atoms with Crippen LogP contribution in [0.5, 0.6) is 0 Å². The van der Waals surface area contributed by atoms with Crippen LogP contribution in [0.15, 0.2) is 79.4 Å². The number of amides is 2. The lowest BCUT2D eigenvalue weighted by atomic mass is 9.98. The molecule has 1 atom stereocenters. The molecule has 35 heavy (non-hydrogen) atoms. The van der Waals surface area contributed by atoms with Crippen LogP contribution < -0.4 is 10.6 Å². The normalized spacial score (nSPS) is 12.7. The molecule has 0 saturated carbocycles. The smallest absolute Gasteiger partial charge is 0.407 e. The maximum absolute atomic E-state index is 12.8. The molecule has 0 aliphatic heterocycles. The SMILES string of the molecule is C=CCC(NC(=O)OCC1c2ccccc2-c2ccccc21)C(=O)Nc1ccc(C(=O)O)c(Cl)c1. The molecule has 3 aromatic carbocycles. The van der Waals surface area contributed by atoms with Crippen molar-refractivity contribution in [2.45, 2.75) is 18.4 Å². The summed E-state index contributed by atoms with van der Waals surface area (Å²) in [6.45, 7) is 3.76. The molecule has 4 rings (SSSR count). The van der Waals surface area contributed by atoms with Crippen LogP contribution in [-0.2, 0) is 9.53 Å². The topological polar surface area (TPSA) is 105 Å². The van der Waals surface area contributed by atoms with E-state index in [0.717, 1.165) is 22.3 Å². The first-order valence-electron chi connectivity index (χ1n) is 10.9. The maximum atomic E-state index is 12.8. The van der Waals surface area contributed by atoms with E-state index >= 15 is 0 Å². The number of ether oxygens (including phenoxy) is 1. The van der Waals surface area contributed by atoms with Gasteiger partial charge in [0, 0.05) is 11.6 Å². The molecule has 0 aromatic heterocycles. The van der Waals surface area contributed by atoms with E-state index < -0.39 is 24.0 Å². The van der Waals surface area contributed by atoms with Crippen molar-refractivity contribution in [1.82, 2.24) is 5.32 Å². The van der Waals surface area contributed by atoms with Crippen molar-refractivity contribution < 1.29 is 24.2 Å². The molecule has 1 aliphatic carbocycles. The molecule has 0 bridgehead atoms. The van der Waals surface area contributed by atoms with Gasteiger partial charge in [-0.3, -0.25) is 4.79 Å². The molecule has 0 fully saturated rings. The molecule has 0 saturated heterocycles. The summed E-state index contributed by atoms with van der Waals surface area (Å²) < 4.78 is 5.53. The zero-order valence-corrected chi connectivity index (χ0v) is 19.4. The third-order valence-corrected chi connectivity index (χ3v) is 6.13. The Balaban J connectivity index is 1.40. The lowest BCUT2D eigenvalue weighted by molar-refractivity contribution is -0.118. The number of carboxylic acids is 1. The first-order chi connectivity index (χ1) is 16.9. The van der Waals surface area contributed by atoms with E-state index in [2.05, 4.69) is 17.2 Å². The number of rotatable bonds is 8. The van der Waals surface area contributed by atoms with E-state index in [1.807, 2.05) is 48.5 Å². The predicted octanol–water partition coefficient (Wildman–Crippen LogP) is 5.46. The second-order valence-corrected chi connectivity index (χ2v) is 8.44. The van der Waals surface area contributed by atoms with E-state index in [0.29, 0.717) is 5.69 Å². The molecule has 7 nitrogen and oxygen atoms in total. The number of hydrogen-bond donors (Lipinski definition) is 3. The molecule has 3 aromatic rings. The van der Waals surface area contributed by atoms with Crippen molar-refractivity contribution in [1.29, 1.82) is 0 Å². The number of carbonyl (C=O) groups is 3. The van der Waals surface area contributed by atoms with E-state index in [1.54, 1.807) is 0 Å². The van der Waals surface area contributed by atoms with Gasteiger partial charge in [-0.15, -0.1) is 6.58 Å². The minimum absolute atomic E-state index is 0.0138. The summed E-state index contributed by atoms with van der Waals surface area (Å²) in [7, 11) is 0. The molecule has 0 heterocycles. The molecular weight excluding hydrogens is 468 g/mol. The fraction of sp³-hybridized carbons (Fsp3) is 0.148. The number of anilines is 1. The Morgan fingerprint density at radius 1 is 1.03 bits per heavy atom. The summed E-state index contributed by atoms with van der Waals surface area (Å²) in [4.78, 5) is 36.5. The third-order valence-electron chi connectivity index (χ3n) is 5.82. The lowest BCUT2D eigenvalue weighted by Gasteiger charge is -2.19. The van der Waals surface area contributed by atoms with Gasteiger partial charge in [0.15, 0.2) is 0 Å². The van der Waals surface area contributed by atoms with Gasteiger partial charge in [0.1, 0.15) is 12.6 Å². The Hall–Kier alpha value is -4.10. The Morgan fingerprint density at radius 2 is 1.66 bits per heavy atom. The van der Waals surface area contributed by atoms with Crippen LogP contribution in [0.25, 0.3) is 11.1 Å². The summed E-state index contributed by atoms with van der Waals surface area (Å²) in [6, 6.07) is 19.1. The summed E-state index contributed by atoms with van der Waals surface area (Å²) in [5, 5.41) is 14.3. The largest absolute Gasteiger partial charge is 0.478 e. The van der Waals surface area contributed by atoms with Gasteiger partial charge in [0.2, 0.25) is 5.91 Å². The van der Waals surface area contributed by atoms with Gasteiger partial charge in [-0.2, -0.15) is 0 Å². The van der Waals surface area contributed by atoms with Crippen molar-refractivity contribution in [3.05, 3.63) is 101 Å². The second kappa shape index (κ2) is 10.4. The highest BCUT2D eigenvalue weighted by Crippen LogP contribution is 2.44. The van der Waals surface area contributed by atoms with Crippen LogP contribution in [0.1, 0.15) is 33.8 Å². The first-order valence-corrected chi connectivity index (χ1v) is 11.3. The van der Waals surface area contributed by atoms with Crippen LogP contribution in [0.3, 0.4) is 0 Å². The standard InChI is InChI=1S/C27H23ClN2O5/c1-2-7-24(25(31)29-16-12-13-21(26(32)33)23(28)14-16)30-27(34)35-15-22-19-10-5-3-8-17(19)18-9-4-6-11-20(18)22/h2-6,8-14,22,24H,1,7,15H2,(H,29,31)(H,30,34)(H,32,33). The van der Waals surface area contributed by atoms with E-state index in [-0.39, 0.29) is 29.5 Å². The highest BCUT2D eigenvalue weighted by Gasteiger charge is 2.29. The van der Waals surface area contributed by atoms with Crippen LogP contribution in [-0.4, -0.2) is 35.7 Å². The molecule has 2 amide bonds. The van der Waals surface area contributed by atoms with E-state index in [4.69, 9.17) is 21.4 Å². The Bertz CT molecular complexity index is 1260. The number of carbonyl (C=O) groups excluding carboxylic acids is 2. The Kier molecular flexibility index (Phi) is 7.17. The van der Waals surface area contributed by atoms with Crippen LogP contribution in [0.2, 0.25) is 5.02 Å². The molecule has 3 N–H and O–H groups in total. The Labute approximate surface area is 207 Å². The number of carboxylic acid groups (broad SMARTS) is 1. The highest BCUT2D eigenvalue weighted by atomic mass is 35.5. The average molecular weight is 491 g/mol. The number of hydrogen-bond acceptors (Lipinski definition) is 4. The summed E-state index contributed by atoms with van der Waals surface area (Å²) >= 11 is 5.97. The molecule has 0 spiro atoms. The van der Waals surface area contributed by atoms with Crippen molar-refractivity contribution in [3.8, 4) is 11.1 Å². The minimum Gasteiger partial charge on any atom is -0.478 e. The average Bonchev–Trinajstić information content (AvgIpc) is 3.16. The number of aromatic carboxylic acids is 1. The molecular formula is C27H23ClN2O5. The quantitative estimate of drug-likeness (QED) is 0.364. The number of benzene rings is 3. The summed E-state index contributed by atoms with van der Waals surface area (Å²) in [5.41, 5.74) is 4.63. The monoisotopic (exact) mass is 490 g/mol. The second-order valence-electron chi connectivity index (χ2n) is 8.04. The minimum atomic E-state index is -1.17. The third kappa shape index (κ3) is 5.20.